The van der Waals surface area contributed by atoms with Crippen molar-refractivity contribution >= 4 is 17.3 Å². The molecule has 0 bridgehead atoms. The van der Waals surface area contributed by atoms with Gasteiger partial charge in [-0.2, -0.15) is 0 Å². The summed E-state index contributed by atoms with van der Waals surface area (Å²) in [5.74, 6) is 0.710. The molecule has 0 aliphatic carbocycles. The van der Waals surface area contributed by atoms with E-state index in [0.717, 1.165) is 16.7 Å². The summed E-state index contributed by atoms with van der Waals surface area (Å²) >= 11 is 6.17. The van der Waals surface area contributed by atoms with E-state index in [0.29, 0.717) is 23.1 Å². The van der Waals surface area contributed by atoms with Crippen LogP contribution in [0.5, 0.6) is 5.75 Å². The number of hydrogen-bond acceptors (Lipinski definition) is 3. The van der Waals surface area contributed by atoms with Crippen molar-refractivity contribution in [1.82, 2.24) is 0 Å². The molecular weight excluding hydrogens is 274 g/mol. The first-order valence-corrected chi connectivity index (χ1v) is 6.65. The van der Waals surface area contributed by atoms with E-state index in [1.807, 2.05) is 49.4 Å². The Hall–Kier alpha value is -2.00. The Balaban J connectivity index is 2.11. The second kappa shape index (κ2) is 6.44. The second-order valence-electron chi connectivity index (χ2n) is 4.60. The lowest BCUT2D eigenvalue weighted by Crippen LogP contribution is -1.99. The average Bonchev–Trinajstić information content (AvgIpc) is 2.46. The number of nitrogens with zero attached hydrogens (tertiary/aromatic N) is 1. The Morgan fingerprint density at radius 1 is 1.25 bits per heavy atom. The zero-order valence-electron chi connectivity index (χ0n) is 11.4. The number of benzene rings is 2. The standard InChI is InChI=1S/C16H16ClNO2/c1-11-6-7-14(16(17)8-11)10-20-15-5-3-4-13(9-15)12(2)18-19/h3-9,19H,10H2,1-2H3/b18-12-. The Labute approximate surface area is 123 Å². The van der Waals surface area contributed by atoms with Crippen LogP contribution in [0.3, 0.4) is 0 Å². The third-order valence-electron chi connectivity index (χ3n) is 3.00. The molecule has 4 heteroatoms. The van der Waals surface area contributed by atoms with Gasteiger partial charge in [-0.05, 0) is 37.6 Å². The Bertz CT molecular complexity index is 638. The van der Waals surface area contributed by atoms with Crippen LogP contribution in [0.2, 0.25) is 5.02 Å². The number of ether oxygens (including phenoxy) is 1. The predicted molar refractivity (Wildman–Crippen MR) is 81.0 cm³/mol. The highest BCUT2D eigenvalue weighted by molar-refractivity contribution is 6.31. The maximum atomic E-state index is 8.78. The molecule has 0 atom stereocenters. The topological polar surface area (TPSA) is 41.8 Å². The molecular formula is C16H16ClNO2. The molecule has 3 nitrogen and oxygen atoms in total. The molecule has 0 amide bonds. The van der Waals surface area contributed by atoms with Gasteiger partial charge < -0.3 is 9.94 Å². The van der Waals surface area contributed by atoms with E-state index in [1.54, 1.807) is 6.92 Å². The molecule has 0 aliphatic rings. The zero-order chi connectivity index (χ0) is 14.5. The lowest BCUT2D eigenvalue weighted by molar-refractivity contribution is 0.306. The van der Waals surface area contributed by atoms with E-state index in [-0.39, 0.29) is 0 Å². The largest absolute Gasteiger partial charge is 0.489 e. The van der Waals surface area contributed by atoms with Gasteiger partial charge in [0, 0.05) is 16.1 Å². The van der Waals surface area contributed by atoms with E-state index in [1.165, 1.54) is 0 Å². The third kappa shape index (κ3) is 3.52. The molecule has 0 saturated carbocycles. The monoisotopic (exact) mass is 289 g/mol. The summed E-state index contributed by atoms with van der Waals surface area (Å²) < 4.78 is 5.73. The first-order chi connectivity index (χ1) is 9.60. The van der Waals surface area contributed by atoms with Crippen molar-refractivity contribution in [1.29, 1.82) is 0 Å². The van der Waals surface area contributed by atoms with E-state index in [4.69, 9.17) is 21.5 Å². The highest BCUT2D eigenvalue weighted by Gasteiger charge is 2.04. The lowest BCUT2D eigenvalue weighted by Gasteiger charge is -2.09. The van der Waals surface area contributed by atoms with Gasteiger partial charge in [-0.25, -0.2) is 0 Å². The number of hydrogen-bond donors (Lipinski definition) is 1. The minimum atomic E-state index is 0.401. The number of halogens is 1. The zero-order valence-corrected chi connectivity index (χ0v) is 12.2. The van der Waals surface area contributed by atoms with Gasteiger partial charge in [0.2, 0.25) is 0 Å². The smallest absolute Gasteiger partial charge is 0.120 e. The van der Waals surface area contributed by atoms with Gasteiger partial charge in [-0.15, -0.1) is 0 Å². The van der Waals surface area contributed by atoms with E-state index in [2.05, 4.69) is 5.16 Å². The molecule has 2 aromatic carbocycles. The van der Waals surface area contributed by atoms with Gasteiger partial charge >= 0.3 is 0 Å². The minimum Gasteiger partial charge on any atom is -0.489 e. The fourth-order valence-electron chi connectivity index (χ4n) is 1.80. The SMILES string of the molecule is C/C(=N/O)c1cccc(OCc2ccc(C)cc2Cl)c1. The summed E-state index contributed by atoms with van der Waals surface area (Å²) in [4.78, 5) is 0. The van der Waals surface area contributed by atoms with Crippen LogP contribution in [0.1, 0.15) is 23.6 Å². The molecule has 0 fully saturated rings. The van der Waals surface area contributed by atoms with Crippen LogP contribution in [-0.4, -0.2) is 10.9 Å². The fraction of sp³-hybridized carbons (Fsp3) is 0.188. The third-order valence-corrected chi connectivity index (χ3v) is 3.36. The number of rotatable bonds is 4. The number of oxime groups is 1. The van der Waals surface area contributed by atoms with Crippen molar-refractivity contribution in [3.8, 4) is 5.75 Å². The Kier molecular flexibility index (Phi) is 4.64. The average molecular weight is 290 g/mol. The van der Waals surface area contributed by atoms with E-state index >= 15 is 0 Å². The summed E-state index contributed by atoms with van der Waals surface area (Å²) in [6, 6.07) is 13.3. The van der Waals surface area contributed by atoms with Crippen molar-refractivity contribution in [2.24, 2.45) is 5.16 Å². The molecule has 0 saturated heterocycles. The van der Waals surface area contributed by atoms with Gasteiger partial charge in [0.25, 0.3) is 0 Å². The highest BCUT2D eigenvalue weighted by Crippen LogP contribution is 2.21. The van der Waals surface area contributed by atoms with Crippen molar-refractivity contribution < 1.29 is 9.94 Å². The van der Waals surface area contributed by atoms with Crippen LogP contribution in [0, 0.1) is 6.92 Å². The maximum Gasteiger partial charge on any atom is 0.120 e. The first kappa shape index (κ1) is 14.4. The van der Waals surface area contributed by atoms with Crippen LogP contribution >= 0.6 is 11.6 Å². The van der Waals surface area contributed by atoms with E-state index < -0.39 is 0 Å². The molecule has 2 aromatic rings. The van der Waals surface area contributed by atoms with Crippen molar-refractivity contribution in [2.45, 2.75) is 20.5 Å². The maximum absolute atomic E-state index is 8.78. The van der Waals surface area contributed by atoms with Crippen LogP contribution < -0.4 is 4.74 Å². The van der Waals surface area contributed by atoms with Crippen LogP contribution in [0.15, 0.2) is 47.6 Å². The van der Waals surface area contributed by atoms with Crippen molar-refractivity contribution in [2.75, 3.05) is 0 Å². The van der Waals surface area contributed by atoms with Gasteiger partial charge in [-0.1, -0.05) is 41.0 Å². The summed E-state index contributed by atoms with van der Waals surface area (Å²) in [6.07, 6.45) is 0. The molecule has 104 valence electrons. The van der Waals surface area contributed by atoms with Crippen LogP contribution in [0.25, 0.3) is 0 Å². The molecule has 0 spiro atoms. The molecule has 0 radical (unpaired) electrons. The first-order valence-electron chi connectivity index (χ1n) is 6.27. The molecule has 0 aliphatic heterocycles. The molecule has 1 N–H and O–H groups in total. The Morgan fingerprint density at radius 3 is 2.75 bits per heavy atom. The van der Waals surface area contributed by atoms with Crippen molar-refractivity contribution in [3.63, 3.8) is 0 Å². The lowest BCUT2D eigenvalue weighted by atomic mass is 10.1. The molecule has 2 rings (SSSR count). The van der Waals surface area contributed by atoms with Crippen molar-refractivity contribution in [3.05, 3.63) is 64.2 Å². The van der Waals surface area contributed by atoms with Gasteiger partial charge in [0.15, 0.2) is 0 Å². The molecule has 0 aromatic heterocycles. The predicted octanol–water partition coefficient (Wildman–Crippen LogP) is 4.43. The quantitative estimate of drug-likeness (QED) is 0.514. The van der Waals surface area contributed by atoms with Gasteiger partial charge in [-0.3, -0.25) is 0 Å². The minimum absolute atomic E-state index is 0.401. The summed E-state index contributed by atoms with van der Waals surface area (Å²) in [5, 5.41) is 12.7. The van der Waals surface area contributed by atoms with Gasteiger partial charge in [0.1, 0.15) is 12.4 Å². The van der Waals surface area contributed by atoms with Crippen LogP contribution in [0.4, 0.5) is 0 Å². The highest BCUT2D eigenvalue weighted by atomic mass is 35.5. The van der Waals surface area contributed by atoms with Crippen LogP contribution in [-0.2, 0) is 6.61 Å². The summed E-state index contributed by atoms with van der Waals surface area (Å²) in [7, 11) is 0. The van der Waals surface area contributed by atoms with E-state index in [9.17, 15) is 0 Å². The molecule has 0 heterocycles. The Morgan fingerprint density at radius 2 is 2.05 bits per heavy atom. The number of aryl methyl sites for hydroxylation is 1. The fourth-order valence-corrected chi connectivity index (χ4v) is 2.09. The molecule has 20 heavy (non-hydrogen) atoms. The summed E-state index contributed by atoms with van der Waals surface area (Å²) in [6.45, 7) is 4.13. The second-order valence-corrected chi connectivity index (χ2v) is 5.00. The van der Waals surface area contributed by atoms with Gasteiger partial charge in [0.05, 0.1) is 5.71 Å². The molecule has 0 unspecified atom stereocenters. The summed E-state index contributed by atoms with van der Waals surface area (Å²) in [5.41, 5.74) is 3.43. The normalized spacial score (nSPS) is 11.4.